The number of fused-ring (bicyclic) bond motifs is 1. The standard InChI is InChI=1S/C18H17FN4O3/c1-26-11-10-23-16(12-6-2-4-8-14(12)21-18(23)25)22-17(24)20-15-9-5-3-7-13(15)19/h2-9H,10-11H2,1H3,(H2,20,22,24). The van der Waals surface area contributed by atoms with Crippen LogP contribution in [0.3, 0.4) is 0 Å². The monoisotopic (exact) mass is 356 g/mol. The number of aromatic nitrogens is 2. The van der Waals surface area contributed by atoms with Crippen molar-refractivity contribution in [1.29, 1.82) is 0 Å². The molecule has 8 heteroatoms. The smallest absolute Gasteiger partial charge is 0.349 e. The minimum absolute atomic E-state index is 0.0363. The van der Waals surface area contributed by atoms with Gasteiger partial charge in [-0.15, -0.1) is 0 Å². The van der Waals surface area contributed by atoms with Gasteiger partial charge in [0.15, 0.2) is 0 Å². The van der Waals surface area contributed by atoms with Crippen LogP contribution >= 0.6 is 0 Å². The van der Waals surface area contributed by atoms with Crippen LogP contribution in [0.25, 0.3) is 10.9 Å². The average molecular weight is 356 g/mol. The molecule has 134 valence electrons. The van der Waals surface area contributed by atoms with E-state index >= 15 is 0 Å². The van der Waals surface area contributed by atoms with Crippen LogP contribution in [-0.4, -0.2) is 29.3 Å². The van der Waals surface area contributed by atoms with E-state index in [1.165, 1.54) is 29.9 Å². The molecule has 0 aliphatic carbocycles. The van der Waals surface area contributed by atoms with Gasteiger partial charge in [-0.1, -0.05) is 24.3 Å². The van der Waals surface area contributed by atoms with Gasteiger partial charge in [0.1, 0.15) is 11.6 Å². The molecular formula is C18H17FN4O3. The van der Waals surface area contributed by atoms with Crippen molar-refractivity contribution in [1.82, 2.24) is 9.55 Å². The first-order chi connectivity index (χ1) is 12.6. The fraction of sp³-hybridized carbons (Fsp3) is 0.167. The summed E-state index contributed by atoms with van der Waals surface area (Å²) in [5.74, 6) is -0.287. The lowest BCUT2D eigenvalue weighted by molar-refractivity contribution is 0.186. The number of hydrogen-bond acceptors (Lipinski definition) is 4. The van der Waals surface area contributed by atoms with Crippen molar-refractivity contribution >= 4 is 28.4 Å². The van der Waals surface area contributed by atoms with Crippen LogP contribution in [0.5, 0.6) is 0 Å². The molecule has 0 saturated heterocycles. The summed E-state index contributed by atoms with van der Waals surface area (Å²) in [6.45, 7) is 0.478. The predicted molar refractivity (Wildman–Crippen MR) is 96.9 cm³/mol. The molecule has 7 nitrogen and oxygen atoms in total. The second-order valence-corrected chi connectivity index (χ2v) is 5.46. The lowest BCUT2D eigenvalue weighted by Crippen LogP contribution is -2.31. The summed E-state index contributed by atoms with van der Waals surface area (Å²) in [4.78, 5) is 28.7. The van der Waals surface area contributed by atoms with Crippen molar-refractivity contribution in [2.45, 2.75) is 6.54 Å². The highest BCUT2D eigenvalue weighted by Gasteiger charge is 2.14. The number of carbonyl (C=O) groups excluding carboxylic acids is 1. The summed E-state index contributed by atoms with van der Waals surface area (Å²) in [5.41, 5.74) is -0.0246. The number of para-hydroxylation sites is 2. The quantitative estimate of drug-likeness (QED) is 0.736. The molecule has 0 bridgehead atoms. The van der Waals surface area contributed by atoms with Gasteiger partial charge < -0.3 is 10.1 Å². The van der Waals surface area contributed by atoms with Gasteiger partial charge in [-0.3, -0.25) is 9.88 Å². The number of hydrogen-bond donors (Lipinski definition) is 2. The molecule has 26 heavy (non-hydrogen) atoms. The Labute approximate surface area is 148 Å². The molecule has 0 unspecified atom stereocenters. The number of amides is 2. The minimum Gasteiger partial charge on any atom is -0.383 e. The number of benzene rings is 2. The van der Waals surface area contributed by atoms with Crippen molar-refractivity contribution in [3.05, 3.63) is 64.8 Å². The number of urea groups is 1. The largest absolute Gasteiger partial charge is 0.383 e. The second-order valence-electron chi connectivity index (χ2n) is 5.46. The highest BCUT2D eigenvalue weighted by atomic mass is 19.1. The van der Waals surface area contributed by atoms with E-state index in [9.17, 15) is 14.0 Å². The number of rotatable bonds is 5. The summed E-state index contributed by atoms with van der Waals surface area (Å²) in [6.07, 6.45) is 0. The Morgan fingerprint density at radius 3 is 2.65 bits per heavy atom. The van der Waals surface area contributed by atoms with E-state index in [1.807, 2.05) is 0 Å². The van der Waals surface area contributed by atoms with Crippen molar-refractivity contribution in [3.63, 3.8) is 0 Å². The molecular weight excluding hydrogens is 339 g/mol. The zero-order chi connectivity index (χ0) is 18.5. The Kier molecular flexibility index (Phi) is 5.23. The van der Waals surface area contributed by atoms with E-state index in [0.717, 1.165) is 0 Å². The number of halogens is 1. The van der Waals surface area contributed by atoms with Gasteiger partial charge in [0.05, 0.1) is 24.4 Å². The maximum atomic E-state index is 13.7. The zero-order valence-electron chi connectivity index (χ0n) is 14.0. The molecule has 2 N–H and O–H groups in total. The highest BCUT2D eigenvalue weighted by Crippen LogP contribution is 2.20. The van der Waals surface area contributed by atoms with Crippen LogP contribution in [0.4, 0.5) is 20.7 Å². The van der Waals surface area contributed by atoms with Crippen LogP contribution in [0.1, 0.15) is 0 Å². The lowest BCUT2D eigenvalue weighted by atomic mass is 10.2. The number of nitrogens with zero attached hydrogens (tertiary/aromatic N) is 2. The number of ether oxygens (including phenoxy) is 1. The van der Waals surface area contributed by atoms with E-state index < -0.39 is 17.5 Å². The third-order valence-electron chi connectivity index (χ3n) is 3.75. The summed E-state index contributed by atoms with van der Waals surface area (Å²) in [5, 5.41) is 5.65. The SMILES string of the molecule is COCCn1c(NC(=O)Nc2ccccc2F)c2ccccc2nc1=O. The Hall–Kier alpha value is -3.26. The van der Waals surface area contributed by atoms with Gasteiger partial charge in [0.25, 0.3) is 0 Å². The van der Waals surface area contributed by atoms with Crippen LogP contribution in [0.2, 0.25) is 0 Å². The maximum absolute atomic E-state index is 13.7. The van der Waals surface area contributed by atoms with Crippen molar-refractivity contribution < 1.29 is 13.9 Å². The van der Waals surface area contributed by atoms with Crippen molar-refractivity contribution in [2.75, 3.05) is 24.4 Å². The third-order valence-corrected chi connectivity index (χ3v) is 3.75. The van der Waals surface area contributed by atoms with Crippen LogP contribution in [0, 0.1) is 5.82 Å². The fourth-order valence-electron chi connectivity index (χ4n) is 2.52. The van der Waals surface area contributed by atoms with Crippen molar-refractivity contribution in [2.24, 2.45) is 0 Å². The highest BCUT2D eigenvalue weighted by molar-refractivity contribution is 6.04. The lowest BCUT2D eigenvalue weighted by Gasteiger charge is -2.16. The van der Waals surface area contributed by atoms with Gasteiger partial charge in [-0.2, -0.15) is 4.98 Å². The van der Waals surface area contributed by atoms with E-state index in [2.05, 4.69) is 15.6 Å². The number of nitrogens with one attached hydrogen (secondary N) is 2. The van der Waals surface area contributed by atoms with Gasteiger partial charge in [-0.05, 0) is 24.3 Å². The predicted octanol–water partition coefficient (Wildman–Crippen LogP) is 2.83. The van der Waals surface area contributed by atoms with Gasteiger partial charge in [-0.25, -0.2) is 14.0 Å². The first kappa shape index (κ1) is 17.6. The Bertz CT molecular complexity index is 1000. The van der Waals surface area contributed by atoms with E-state index in [4.69, 9.17) is 4.74 Å². The van der Waals surface area contributed by atoms with Crippen molar-refractivity contribution in [3.8, 4) is 0 Å². The molecule has 0 spiro atoms. The average Bonchev–Trinajstić information content (AvgIpc) is 2.63. The summed E-state index contributed by atoms with van der Waals surface area (Å²) < 4.78 is 20.1. The van der Waals surface area contributed by atoms with Gasteiger partial charge in [0.2, 0.25) is 0 Å². The minimum atomic E-state index is -0.669. The molecule has 0 fully saturated rings. The summed E-state index contributed by atoms with van der Waals surface area (Å²) in [6, 6.07) is 12.1. The van der Waals surface area contributed by atoms with Gasteiger partial charge >= 0.3 is 11.7 Å². The normalized spacial score (nSPS) is 10.7. The Balaban J connectivity index is 1.98. The molecule has 1 heterocycles. The maximum Gasteiger partial charge on any atom is 0.349 e. The summed E-state index contributed by atoms with van der Waals surface area (Å²) in [7, 11) is 1.51. The van der Waals surface area contributed by atoms with Crippen LogP contribution in [-0.2, 0) is 11.3 Å². The Morgan fingerprint density at radius 1 is 1.15 bits per heavy atom. The first-order valence-corrected chi connectivity index (χ1v) is 7.91. The molecule has 0 radical (unpaired) electrons. The van der Waals surface area contributed by atoms with E-state index in [1.54, 1.807) is 30.3 Å². The molecule has 3 aromatic rings. The third kappa shape index (κ3) is 3.70. The topological polar surface area (TPSA) is 85.2 Å². The molecule has 0 aliphatic rings. The number of anilines is 2. The Morgan fingerprint density at radius 2 is 1.88 bits per heavy atom. The summed E-state index contributed by atoms with van der Waals surface area (Å²) >= 11 is 0. The van der Waals surface area contributed by atoms with E-state index in [-0.39, 0.29) is 24.7 Å². The zero-order valence-corrected chi connectivity index (χ0v) is 14.0. The van der Waals surface area contributed by atoms with Crippen LogP contribution < -0.4 is 16.3 Å². The first-order valence-electron chi connectivity index (χ1n) is 7.91. The molecule has 2 amide bonds. The fourth-order valence-corrected chi connectivity index (χ4v) is 2.52. The molecule has 0 atom stereocenters. The molecule has 3 rings (SSSR count). The number of carbonyl (C=O) groups is 1. The van der Waals surface area contributed by atoms with E-state index in [0.29, 0.717) is 10.9 Å². The second kappa shape index (κ2) is 7.75. The molecule has 1 aromatic heterocycles. The molecule has 2 aromatic carbocycles. The molecule has 0 saturated carbocycles. The van der Waals surface area contributed by atoms with Gasteiger partial charge in [0, 0.05) is 12.5 Å². The molecule has 0 aliphatic heterocycles. The van der Waals surface area contributed by atoms with Crippen LogP contribution in [0.15, 0.2) is 53.3 Å². The number of methoxy groups -OCH3 is 1.